The highest BCUT2D eigenvalue weighted by Gasteiger charge is 2.52. The Labute approximate surface area is 158 Å². The van der Waals surface area contributed by atoms with Crippen molar-refractivity contribution in [3.05, 3.63) is 23.8 Å². The maximum absolute atomic E-state index is 10.6. The van der Waals surface area contributed by atoms with E-state index < -0.39 is 12.1 Å². The predicted molar refractivity (Wildman–Crippen MR) is 104 cm³/mol. The smallest absolute Gasteiger partial charge is 0.303 e. The van der Waals surface area contributed by atoms with Gasteiger partial charge >= 0.3 is 5.97 Å². The molecule has 4 heteroatoms. The normalized spacial score (nSPS) is 33.8. The monoisotopic (exact) mass is 364 g/mol. The first-order chi connectivity index (χ1) is 12.4. The van der Waals surface area contributed by atoms with E-state index in [0.29, 0.717) is 12.3 Å². The molecule has 2 aliphatic rings. The zero-order chi connectivity index (χ0) is 19.2. The molecule has 0 aromatic rings. The van der Waals surface area contributed by atoms with Crippen molar-refractivity contribution in [2.75, 3.05) is 0 Å². The summed E-state index contributed by atoms with van der Waals surface area (Å²) in [5.41, 5.74) is 1.54. The number of carboxylic acid groups (broad SMARTS) is 1. The average molecular weight is 365 g/mol. The number of hydrogen-bond acceptors (Lipinski definition) is 3. The van der Waals surface area contributed by atoms with Crippen LogP contribution in [0.2, 0.25) is 0 Å². The van der Waals surface area contributed by atoms with Crippen LogP contribution in [0, 0.1) is 17.3 Å². The molecule has 0 aromatic carbocycles. The summed E-state index contributed by atoms with van der Waals surface area (Å²) < 4.78 is 0. The quantitative estimate of drug-likeness (QED) is 0.395. The number of unbranched alkanes of at least 4 members (excludes halogenated alkanes) is 3. The van der Waals surface area contributed by atoms with E-state index in [0.717, 1.165) is 51.4 Å². The van der Waals surface area contributed by atoms with Gasteiger partial charge in [-0.1, -0.05) is 56.9 Å². The van der Waals surface area contributed by atoms with Gasteiger partial charge in [0.15, 0.2) is 0 Å². The molecule has 2 saturated carbocycles. The van der Waals surface area contributed by atoms with Crippen LogP contribution in [0.15, 0.2) is 23.8 Å². The summed E-state index contributed by atoms with van der Waals surface area (Å²) in [6.45, 7) is 4.43. The minimum Gasteiger partial charge on any atom is -0.481 e. The van der Waals surface area contributed by atoms with Gasteiger partial charge in [-0.3, -0.25) is 4.79 Å². The fourth-order valence-corrected chi connectivity index (χ4v) is 4.89. The van der Waals surface area contributed by atoms with Crippen molar-refractivity contribution in [3.8, 4) is 0 Å². The van der Waals surface area contributed by atoms with Crippen molar-refractivity contribution >= 4 is 5.97 Å². The van der Waals surface area contributed by atoms with Crippen molar-refractivity contribution in [1.29, 1.82) is 0 Å². The molecule has 4 nitrogen and oxygen atoms in total. The van der Waals surface area contributed by atoms with Crippen LogP contribution in [-0.4, -0.2) is 33.5 Å². The van der Waals surface area contributed by atoms with Gasteiger partial charge in [0, 0.05) is 12.3 Å². The van der Waals surface area contributed by atoms with E-state index in [1.807, 2.05) is 6.08 Å². The van der Waals surface area contributed by atoms with Gasteiger partial charge < -0.3 is 15.3 Å². The largest absolute Gasteiger partial charge is 0.481 e. The molecule has 0 heterocycles. The van der Waals surface area contributed by atoms with Crippen LogP contribution in [0.1, 0.15) is 78.1 Å². The maximum atomic E-state index is 10.6. The van der Waals surface area contributed by atoms with Crippen molar-refractivity contribution in [2.24, 2.45) is 17.3 Å². The van der Waals surface area contributed by atoms with Crippen LogP contribution >= 0.6 is 0 Å². The molecule has 0 amide bonds. The molecule has 2 aliphatic carbocycles. The molecule has 0 aliphatic heterocycles. The van der Waals surface area contributed by atoms with E-state index in [2.05, 4.69) is 26.0 Å². The van der Waals surface area contributed by atoms with Gasteiger partial charge in [0.05, 0.1) is 12.2 Å². The number of fused-ring (bicyclic) bond motifs is 1. The van der Waals surface area contributed by atoms with Crippen LogP contribution in [0.5, 0.6) is 0 Å². The molecule has 0 spiro atoms. The molecule has 26 heavy (non-hydrogen) atoms. The van der Waals surface area contributed by atoms with Gasteiger partial charge in [0.1, 0.15) is 0 Å². The first kappa shape index (κ1) is 21.2. The molecule has 0 unspecified atom stereocenters. The van der Waals surface area contributed by atoms with Crippen LogP contribution in [-0.2, 0) is 4.79 Å². The molecule has 2 fully saturated rings. The molecule has 148 valence electrons. The highest BCUT2D eigenvalue weighted by atomic mass is 16.4. The number of carbonyl (C=O) groups is 1. The van der Waals surface area contributed by atoms with Crippen molar-refractivity contribution in [1.82, 2.24) is 0 Å². The van der Waals surface area contributed by atoms with Gasteiger partial charge in [-0.15, -0.1) is 0 Å². The summed E-state index contributed by atoms with van der Waals surface area (Å²) in [5, 5.41) is 29.4. The number of carboxylic acids is 1. The summed E-state index contributed by atoms with van der Waals surface area (Å²) in [4.78, 5) is 10.6. The fraction of sp³-hybridized carbons (Fsp3) is 0.773. The zero-order valence-electron chi connectivity index (χ0n) is 16.4. The summed E-state index contributed by atoms with van der Waals surface area (Å²) >= 11 is 0. The number of allylic oxidation sites excluding steroid dienone is 2. The minimum atomic E-state index is -0.732. The van der Waals surface area contributed by atoms with Crippen molar-refractivity contribution in [2.45, 2.75) is 90.3 Å². The molecule has 0 radical (unpaired) electrons. The van der Waals surface area contributed by atoms with Crippen LogP contribution in [0.3, 0.4) is 0 Å². The Morgan fingerprint density at radius 1 is 1.35 bits per heavy atom. The summed E-state index contributed by atoms with van der Waals surface area (Å²) in [6.07, 6.45) is 14.1. The van der Waals surface area contributed by atoms with E-state index in [9.17, 15) is 15.0 Å². The molecule has 5 atom stereocenters. The third kappa shape index (κ3) is 5.68. The fourth-order valence-electron chi connectivity index (χ4n) is 4.89. The molecule has 0 saturated heterocycles. The highest BCUT2D eigenvalue weighted by molar-refractivity contribution is 5.66. The topological polar surface area (TPSA) is 77.8 Å². The first-order valence-corrected chi connectivity index (χ1v) is 10.3. The Morgan fingerprint density at radius 3 is 2.81 bits per heavy atom. The van der Waals surface area contributed by atoms with Crippen LogP contribution in [0.4, 0.5) is 0 Å². The van der Waals surface area contributed by atoms with Crippen molar-refractivity contribution < 1.29 is 20.1 Å². The Bertz CT molecular complexity index is 524. The molecular weight excluding hydrogens is 328 g/mol. The SMILES string of the molecule is CCCCC[C@H](O)/C=C\[C@H]1[C@H](O)C[C@]2(C)C/C(=C/CCCC(=O)O)C[C@H]12. The molecule has 2 rings (SSSR count). The van der Waals surface area contributed by atoms with Crippen LogP contribution in [0.25, 0.3) is 0 Å². The lowest BCUT2D eigenvalue weighted by atomic mass is 9.80. The number of aliphatic hydroxyl groups is 2. The van der Waals surface area contributed by atoms with E-state index in [1.165, 1.54) is 5.57 Å². The summed E-state index contributed by atoms with van der Waals surface area (Å²) in [7, 11) is 0. The van der Waals surface area contributed by atoms with Gasteiger partial charge in [0.25, 0.3) is 0 Å². The van der Waals surface area contributed by atoms with E-state index in [1.54, 1.807) is 0 Å². The van der Waals surface area contributed by atoms with Gasteiger partial charge in [-0.05, 0) is 49.9 Å². The zero-order valence-corrected chi connectivity index (χ0v) is 16.4. The van der Waals surface area contributed by atoms with Crippen LogP contribution < -0.4 is 0 Å². The van der Waals surface area contributed by atoms with Gasteiger partial charge in [0.2, 0.25) is 0 Å². The molecule has 0 bridgehead atoms. The molecule has 3 N–H and O–H groups in total. The maximum Gasteiger partial charge on any atom is 0.303 e. The van der Waals surface area contributed by atoms with E-state index in [-0.39, 0.29) is 23.9 Å². The first-order valence-electron chi connectivity index (χ1n) is 10.3. The summed E-state index contributed by atoms with van der Waals surface area (Å²) in [5.74, 6) is -0.197. The number of rotatable bonds is 10. The van der Waals surface area contributed by atoms with E-state index >= 15 is 0 Å². The average Bonchev–Trinajstić information content (AvgIpc) is 2.99. The Hall–Kier alpha value is -1.13. The lowest BCUT2D eigenvalue weighted by Gasteiger charge is -2.24. The summed E-state index contributed by atoms with van der Waals surface area (Å²) in [6, 6.07) is 0. The number of aliphatic hydroxyl groups excluding tert-OH is 2. The lowest BCUT2D eigenvalue weighted by molar-refractivity contribution is -0.137. The molecular formula is C22H36O4. The highest BCUT2D eigenvalue weighted by Crippen LogP contribution is 2.58. The number of hydrogen-bond donors (Lipinski definition) is 3. The van der Waals surface area contributed by atoms with E-state index in [4.69, 9.17) is 5.11 Å². The van der Waals surface area contributed by atoms with Crippen molar-refractivity contribution in [3.63, 3.8) is 0 Å². The lowest BCUT2D eigenvalue weighted by Crippen LogP contribution is -2.19. The number of aliphatic carboxylic acids is 1. The Kier molecular flexibility index (Phi) is 7.90. The second kappa shape index (κ2) is 9.70. The third-order valence-corrected chi connectivity index (χ3v) is 6.28. The Morgan fingerprint density at radius 2 is 2.12 bits per heavy atom. The minimum absolute atomic E-state index is 0.116. The third-order valence-electron chi connectivity index (χ3n) is 6.28. The second-order valence-corrected chi connectivity index (χ2v) is 8.59. The Balaban J connectivity index is 1.91. The molecule has 0 aromatic heterocycles. The predicted octanol–water partition coefficient (Wildman–Crippen LogP) is 4.46. The van der Waals surface area contributed by atoms with Gasteiger partial charge in [-0.25, -0.2) is 0 Å². The standard InChI is InChI=1S/C22H36O4/c1-3-4-5-9-17(23)11-12-18-19-13-16(8-6-7-10-21(25)26)14-22(19,2)15-20(18)24/h8,11-12,17-20,23-24H,3-7,9-10,13-15H2,1-2H3,(H,25,26)/b12-11-,16-8+/t17-,18+,19+,20+,22-/m0/s1. The second-order valence-electron chi connectivity index (χ2n) is 8.59. The van der Waals surface area contributed by atoms with Gasteiger partial charge in [-0.2, -0.15) is 0 Å².